The third-order valence-corrected chi connectivity index (χ3v) is 9.09. The summed E-state index contributed by atoms with van der Waals surface area (Å²) < 4.78 is 11.2. The molecule has 0 radical (unpaired) electrons. The fourth-order valence-electron chi connectivity index (χ4n) is 7.31. The van der Waals surface area contributed by atoms with Gasteiger partial charge >= 0.3 is 5.97 Å². The molecule has 1 aliphatic heterocycles. The quantitative estimate of drug-likeness (QED) is 0.219. The van der Waals surface area contributed by atoms with Gasteiger partial charge in [0.2, 0.25) is 17.7 Å². The molecule has 2 unspecified atom stereocenters. The van der Waals surface area contributed by atoms with Crippen molar-refractivity contribution in [3.63, 3.8) is 0 Å². The number of nitrogens with zero attached hydrogens (tertiary/aromatic N) is 1. The Kier molecular flexibility index (Phi) is 9.73. The first-order valence-corrected chi connectivity index (χ1v) is 15.0. The predicted molar refractivity (Wildman–Crippen MR) is 153 cm³/mol. The first-order valence-electron chi connectivity index (χ1n) is 15.0. The second-order valence-corrected chi connectivity index (χ2v) is 12.0. The summed E-state index contributed by atoms with van der Waals surface area (Å²) in [4.78, 5) is 63.7. The van der Waals surface area contributed by atoms with Gasteiger partial charge < -0.3 is 35.3 Å². The molecule has 12 nitrogen and oxygen atoms in total. The number of allylic oxidation sites excluding steroid dienone is 1. The summed E-state index contributed by atoms with van der Waals surface area (Å²) in [6.07, 6.45) is 10.9. The maximum Gasteiger partial charge on any atom is 0.330 e. The van der Waals surface area contributed by atoms with Gasteiger partial charge in [-0.15, -0.1) is 0 Å². The second-order valence-electron chi connectivity index (χ2n) is 12.0. The zero-order valence-electron chi connectivity index (χ0n) is 24.0. The van der Waals surface area contributed by atoms with Crippen molar-refractivity contribution >= 4 is 29.4 Å². The highest BCUT2D eigenvalue weighted by Crippen LogP contribution is 2.53. The Bertz CT molecular complexity index is 1230. The summed E-state index contributed by atoms with van der Waals surface area (Å²) in [5.41, 5.74) is -0.502. The highest BCUT2D eigenvalue weighted by molar-refractivity contribution is 5.97. The molecule has 1 saturated heterocycles. The summed E-state index contributed by atoms with van der Waals surface area (Å²) >= 11 is 0. The number of amides is 3. The number of hydrogen-bond donors (Lipinski definition) is 4. The Morgan fingerprint density at radius 2 is 1.88 bits per heavy atom. The molecule has 2 heterocycles. The second kappa shape index (κ2) is 13.6. The molecule has 4 aliphatic carbocycles. The monoisotopic (exact) mass is 583 g/mol. The van der Waals surface area contributed by atoms with Gasteiger partial charge in [-0.25, -0.2) is 4.79 Å². The predicted octanol–water partition coefficient (Wildman–Crippen LogP) is 0.710. The van der Waals surface area contributed by atoms with Crippen LogP contribution in [-0.2, 0) is 35.2 Å². The van der Waals surface area contributed by atoms with E-state index in [-0.39, 0.29) is 37.2 Å². The number of rotatable bonds is 11. The smallest absolute Gasteiger partial charge is 0.330 e. The number of methoxy groups -OCH3 is 1. The number of pyridine rings is 1. The molecule has 42 heavy (non-hydrogen) atoms. The van der Waals surface area contributed by atoms with Crippen molar-refractivity contribution in [2.24, 2.45) is 23.7 Å². The number of esters is 1. The highest BCUT2D eigenvalue weighted by Gasteiger charge is 2.48. The lowest BCUT2D eigenvalue weighted by molar-refractivity contribution is -0.135. The van der Waals surface area contributed by atoms with Gasteiger partial charge in [0.15, 0.2) is 0 Å². The van der Waals surface area contributed by atoms with Crippen molar-refractivity contribution in [1.82, 2.24) is 20.5 Å². The van der Waals surface area contributed by atoms with E-state index in [0.29, 0.717) is 31.4 Å². The van der Waals surface area contributed by atoms with Gasteiger partial charge in [0, 0.05) is 24.9 Å². The van der Waals surface area contributed by atoms with E-state index in [4.69, 9.17) is 4.74 Å². The molecule has 228 valence electrons. The van der Waals surface area contributed by atoms with Crippen molar-refractivity contribution in [1.29, 1.82) is 0 Å². The molecule has 4 bridgehead atoms. The lowest BCUT2D eigenvalue weighted by Gasteiger charge is -2.54. The average molecular weight is 584 g/mol. The van der Waals surface area contributed by atoms with Crippen LogP contribution in [0.3, 0.4) is 0 Å². The Morgan fingerprint density at radius 3 is 2.55 bits per heavy atom. The Morgan fingerprint density at radius 1 is 1.14 bits per heavy atom. The average Bonchev–Trinajstić information content (AvgIpc) is 2.98. The van der Waals surface area contributed by atoms with Gasteiger partial charge in [-0.2, -0.15) is 0 Å². The minimum absolute atomic E-state index is 0.00778. The van der Waals surface area contributed by atoms with Crippen LogP contribution in [0.4, 0.5) is 5.69 Å². The topological polar surface area (TPSA) is 157 Å². The van der Waals surface area contributed by atoms with Crippen molar-refractivity contribution in [3.8, 4) is 0 Å². The minimum atomic E-state index is -0.989. The Balaban J connectivity index is 1.21. The first-order chi connectivity index (χ1) is 20.3. The summed E-state index contributed by atoms with van der Waals surface area (Å²) in [6, 6.07) is 1.64. The molecule has 0 spiro atoms. The standard InChI is InChI=1S/C30H41N5O7/c1-41-26(37)7-3-2-5-22(32-29(39)24-17-42-10-8-31-24)28(38)33-23-6-4-9-35(30(23)40)16-25(36)34-27-20-12-18-11-19(14-20)15-21(27)13-18/h3-4,6-7,9,18-22,24,27,31H,2,5,8,10-17H2,1H3,(H,32,39)(H,33,38)(H,34,36)/b7-3+. The lowest BCUT2D eigenvalue weighted by atomic mass is 9.54. The third-order valence-electron chi connectivity index (χ3n) is 9.09. The fourth-order valence-corrected chi connectivity index (χ4v) is 7.31. The van der Waals surface area contributed by atoms with Crippen molar-refractivity contribution in [2.45, 2.75) is 69.6 Å². The number of carbonyl (C=O) groups excluding carboxylic acids is 4. The van der Waals surface area contributed by atoms with Crippen molar-refractivity contribution < 1.29 is 28.7 Å². The molecule has 0 aromatic carbocycles. The lowest BCUT2D eigenvalue weighted by Crippen LogP contribution is -2.56. The van der Waals surface area contributed by atoms with Crippen LogP contribution in [0.1, 0.15) is 44.9 Å². The van der Waals surface area contributed by atoms with E-state index in [2.05, 4.69) is 26.0 Å². The number of hydrogen-bond acceptors (Lipinski definition) is 8. The molecule has 5 fully saturated rings. The van der Waals surface area contributed by atoms with E-state index in [1.807, 2.05) is 0 Å². The van der Waals surface area contributed by atoms with Gasteiger partial charge in [-0.05, 0) is 80.8 Å². The summed E-state index contributed by atoms with van der Waals surface area (Å²) in [5.74, 6) is 0.929. The maximum absolute atomic E-state index is 13.3. The zero-order chi connectivity index (χ0) is 29.6. The molecule has 4 N–H and O–H groups in total. The van der Waals surface area contributed by atoms with E-state index in [9.17, 15) is 24.0 Å². The number of aromatic nitrogens is 1. The largest absolute Gasteiger partial charge is 0.466 e. The van der Waals surface area contributed by atoms with Crippen LogP contribution in [0.25, 0.3) is 0 Å². The van der Waals surface area contributed by atoms with Crippen LogP contribution in [0.2, 0.25) is 0 Å². The normalized spacial score (nSPS) is 28.7. The van der Waals surface area contributed by atoms with E-state index in [0.717, 1.165) is 11.8 Å². The van der Waals surface area contributed by atoms with E-state index in [1.165, 1.54) is 62.1 Å². The molecule has 6 rings (SSSR count). The molecule has 1 aromatic rings. The Labute approximate surface area is 245 Å². The summed E-state index contributed by atoms with van der Waals surface area (Å²) in [6.45, 7) is 1.04. The number of ether oxygens (including phenoxy) is 2. The molecule has 4 saturated carbocycles. The fraction of sp³-hybridized carbons (Fsp3) is 0.633. The molecular formula is C30H41N5O7. The van der Waals surface area contributed by atoms with Crippen LogP contribution < -0.4 is 26.8 Å². The summed E-state index contributed by atoms with van der Waals surface area (Å²) in [7, 11) is 1.27. The van der Waals surface area contributed by atoms with Gasteiger partial charge in [-0.1, -0.05) is 6.08 Å². The molecule has 12 heteroatoms. The van der Waals surface area contributed by atoms with Crippen LogP contribution >= 0.6 is 0 Å². The van der Waals surface area contributed by atoms with E-state index >= 15 is 0 Å². The van der Waals surface area contributed by atoms with Gasteiger partial charge in [0.25, 0.3) is 5.56 Å². The zero-order valence-corrected chi connectivity index (χ0v) is 24.0. The van der Waals surface area contributed by atoms with E-state index < -0.39 is 35.4 Å². The van der Waals surface area contributed by atoms with Crippen LogP contribution in [0.5, 0.6) is 0 Å². The van der Waals surface area contributed by atoms with Gasteiger partial charge in [-0.3, -0.25) is 19.2 Å². The van der Waals surface area contributed by atoms with Gasteiger partial charge in [0.05, 0.1) is 20.3 Å². The summed E-state index contributed by atoms with van der Waals surface area (Å²) in [5, 5.41) is 11.6. The van der Waals surface area contributed by atoms with Crippen LogP contribution in [-0.4, -0.2) is 73.3 Å². The van der Waals surface area contributed by atoms with Crippen molar-refractivity contribution in [3.05, 3.63) is 40.8 Å². The Hall–Kier alpha value is -3.51. The third kappa shape index (κ3) is 7.27. The number of anilines is 1. The minimum Gasteiger partial charge on any atom is -0.466 e. The maximum atomic E-state index is 13.3. The highest BCUT2D eigenvalue weighted by atomic mass is 16.5. The van der Waals surface area contributed by atoms with Gasteiger partial charge in [0.1, 0.15) is 24.3 Å². The van der Waals surface area contributed by atoms with E-state index in [1.54, 1.807) is 12.1 Å². The number of nitrogens with one attached hydrogen (secondary N) is 4. The first kappa shape index (κ1) is 30.0. The molecule has 5 aliphatic rings. The molecule has 1 aromatic heterocycles. The molecule has 2 atom stereocenters. The molecular weight excluding hydrogens is 542 g/mol. The number of carbonyl (C=O) groups is 4. The SMILES string of the molecule is COC(=O)/C=C/CCC(NC(=O)C1COCCN1)C(=O)Nc1cccn(CC(=O)NC2C3CC4CC(C3)CC2C4)c1=O. The molecule has 3 amide bonds. The van der Waals surface area contributed by atoms with Crippen LogP contribution in [0, 0.1) is 23.7 Å². The number of morpholine rings is 1. The van der Waals surface area contributed by atoms with Crippen molar-refractivity contribution in [2.75, 3.05) is 32.2 Å². The van der Waals surface area contributed by atoms with Crippen LogP contribution in [0.15, 0.2) is 35.3 Å².